The van der Waals surface area contributed by atoms with E-state index in [1.807, 2.05) is 31.2 Å². The molecular formula is C15H9Cl3N2. The van der Waals surface area contributed by atoms with Gasteiger partial charge in [0.15, 0.2) is 5.82 Å². The molecule has 0 aliphatic heterocycles. The average molecular weight is 324 g/mol. The lowest BCUT2D eigenvalue weighted by molar-refractivity contribution is 1.22. The molecule has 3 rings (SSSR count). The zero-order valence-corrected chi connectivity index (χ0v) is 12.8. The summed E-state index contributed by atoms with van der Waals surface area (Å²) in [6, 6.07) is 11.0. The molecule has 3 aromatic rings. The Morgan fingerprint density at radius 2 is 1.70 bits per heavy atom. The van der Waals surface area contributed by atoms with Gasteiger partial charge in [0, 0.05) is 21.0 Å². The third-order valence-corrected chi connectivity index (χ3v) is 3.97. The van der Waals surface area contributed by atoms with Crippen LogP contribution in [0.3, 0.4) is 0 Å². The molecule has 100 valence electrons. The second-order valence-electron chi connectivity index (χ2n) is 4.46. The van der Waals surface area contributed by atoms with Crippen LogP contribution in [0.5, 0.6) is 0 Å². The summed E-state index contributed by atoms with van der Waals surface area (Å²) in [6.45, 7) is 1.94. The number of aromatic nitrogens is 2. The highest BCUT2D eigenvalue weighted by atomic mass is 35.5. The van der Waals surface area contributed by atoms with Crippen LogP contribution in [0.2, 0.25) is 15.2 Å². The summed E-state index contributed by atoms with van der Waals surface area (Å²) in [6.07, 6.45) is 0. The Kier molecular flexibility index (Phi) is 3.55. The van der Waals surface area contributed by atoms with Gasteiger partial charge in [0.2, 0.25) is 0 Å². The largest absolute Gasteiger partial charge is 0.228 e. The maximum Gasteiger partial charge on any atom is 0.161 e. The smallest absolute Gasteiger partial charge is 0.161 e. The second-order valence-corrected chi connectivity index (χ2v) is 5.67. The predicted octanol–water partition coefficient (Wildman–Crippen LogP) is 5.57. The zero-order valence-electron chi connectivity index (χ0n) is 10.5. The van der Waals surface area contributed by atoms with Crippen LogP contribution < -0.4 is 0 Å². The van der Waals surface area contributed by atoms with Gasteiger partial charge in [0.1, 0.15) is 5.15 Å². The van der Waals surface area contributed by atoms with Gasteiger partial charge in [-0.3, -0.25) is 0 Å². The van der Waals surface area contributed by atoms with E-state index in [4.69, 9.17) is 34.8 Å². The fourth-order valence-corrected chi connectivity index (χ4v) is 2.50. The molecular weight excluding hydrogens is 315 g/mol. The van der Waals surface area contributed by atoms with Crippen molar-refractivity contribution >= 4 is 45.7 Å². The van der Waals surface area contributed by atoms with E-state index >= 15 is 0 Å². The first-order chi connectivity index (χ1) is 9.54. The van der Waals surface area contributed by atoms with Crippen LogP contribution in [0, 0.1) is 6.92 Å². The molecule has 0 saturated heterocycles. The maximum absolute atomic E-state index is 6.22. The molecule has 0 radical (unpaired) electrons. The monoisotopic (exact) mass is 322 g/mol. The minimum Gasteiger partial charge on any atom is -0.228 e. The van der Waals surface area contributed by atoms with E-state index in [-0.39, 0.29) is 0 Å². The molecule has 1 heterocycles. The number of aryl methyl sites for hydroxylation is 1. The SMILES string of the molecule is Cc1cc(-c2nc(Cl)c3cc(Cl)ccc3n2)ccc1Cl. The summed E-state index contributed by atoms with van der Waals surface area (Å²) in [5.74, 6) is 0.574. The Balaban J connectivity index is 2.21. The first-order valence-corrected chi connectivity index (χ1v) is 7.07. The van der Waals surface area contributed by atoms with Crippen molar-refractivity contribution in [3.8, 4) is 11.4 Å². The minimum absolute atomic E-state index is 0.389. The van der Waals surface area contributed by atoms with Crippen LogP contribution in [0.4, 0.5) is 0 Å². The van der Waals surface area contributed by atoms with Crippen molar-refractivity contribution in [1.82, 2.24) is 9.97 Å². The van der Waals surface area contributed by atoms with Crippen molar-refractivity contribution in [1.29, 1.82) is 0 Å². The standard InChI is InChI=1S/C15H9Cl3N2/c1-8-6-9(2-4-12(8)17)15-19-13-5-3-10(16)7-11(13)14(18)20-15/h2-7H,1H3. The summed E-state index contributed by atoms with van der Waals surface area (Å²) in [5, 5.41) is 2.46. The van der Waals surface area contributed by atoms with Gasteiger partial charge in [0.25, 0.3) is 0 Å². The van der Waals surface area contributed by atoms with Crippen LogP contribution in [0.15, 0.2) is 36.4 Å². The molecule has 0 N–H and O–H groups in total. The van der Waals surface area contributed by atoms with Crippen molar-refractivity contribution in [2.45, 2.75) is 6.92 Å². The maximum atomic E-state index is 6.22. The van der Waals surface area contributed by atoms with Gasteiger partial charge in [-0.2, -0.15) is 0 Å². The van der Waals surface area contributed by atoms with Gasteiger partial charge >= 0.3 is 0 Å². The molecule has 0 spiro atoms. The molecule has 0 bridgehead atoms. The van der Waals surface area contributed by atoms with Gasteiger partial charge < -0.3 is 0 Å². The zero-order chi connectivity index (χ0) is 14.3. The Morgan fingerprint density at radius 1 is 0.900 bits per heavy atom. The van der Waals surface area contributed by atoms with E-state index in [0.717, 1.165) is 22.0 Å². The first kappa shape index (κ1) is 13.6. The van der Waals surface area contributed by atoms with E-state index in [1.165, 1.54) is 0 Å². The van der Waals surface area contributed by atoms with Crippen molar-refractivity contribution in [2.75, 3.05) is 0 Å². The van der Waals surface area contributed by atoms with Gasteiger partial charge in [-0.25, -0.2) is 9.97 Å². The highest BCUT2D eigenvalue weighted by Crippen LogP contribution is 2.28. The van der Waals surface area contributed by atoms with E-state index in [1.54, 1.807) is 12.1 Å². The lowest BCUT2D eigenvalue weighted by Gasteiger charge is -2.06. The summed E-state index contributed by atoms with van der Waals surface area (Å²) in [7, 11) is 0. The third-order valence-electron chi connectivity index (χ3n) is 3.03. The number of benzene rings is 2. The lowest BCUT2D eigenvalue weighted by Crippen LogP contribution is -1.92. The van der Waals surface area contributed by atoms with E-state index in [9.17, 15) is 0 Å². The molecule has 2 nitrogen and oxygen atoms in total. The van der Waals surface area contributed by atoms with E-state index < -0.39 is 0 Å². The Morgan fingerprint density at radius 3 is 2.45 bits per heavy atom. The summed E-state index contributed by atoms with van der Waals surface area (Å²) < 4.78 is 0. The number of hydrogen-bond donors (Lipinski definition) is 0. The average Bonchev–Trinajstić information content (AvgIpc) is 2.42. The van der Waals surface area contributed by atoms with E-state index in [0.29, 0.717) is 21.0 Å². The highest BCUT2D eigenvalue weighted by molar-refractivity contribution is 6.35. The summed E-state index contributed by atoms with van der Waals surface area (Å²) in [4.78, 5) is 8.86. The molecule has 0 unspecified atom stereocenters. The van der Waals surface area contributed by atoms with Gasteiger partial charge in [-0.15, -0.1) is 0 Å². The molecule has 5 heteroatoms. The number of fused-ring (bicyclic) bond motifs is 1. The van der Waals surface area contributed by atoms with Crippen LogP contribution >= 0.6 is 34.8 Å². The number of halogens is 3. The molecule has 1 aromatic heterocycles. The predicted molar refractivity (Wildman–Crippen MR) is 84.7 cm³/mol. The molecule has 20 heavy (non-hydrogen) atoms. The molecule has 0 fully saturated rings. The van der Waals surface area contributed by atoms with Crippen molar-refractivity contribution in [2.24, 2.45) is 0 Å². The third kappa shape index (κ3) is 2.47. The first-order valence-electron chi connectivity index (χ1n) is 5.94. The fourth-order valence-electron chi connectivity index (χ4n) is 1.98. The number of rotatable bonds is 1. The molecule has 0 saturated carbocycles. The molecule has 2 aromatic carbocycles. The Bertz CT molecular complexity index is 816. The van der Waals surface area contributed by atoms with Crippen LogP contribution in [0.25, 0.3) is 22.3 Å². The highest BCUT2D eigenvalue weighted by Gasteiger charge is 2.09. The number of nitrogens with zero attached hydrogens (tertiary/aromatic N) is 2. The molecule has 0 aliphatic rings. The Hall–Kier alpha value is -1.35. The van der Waals surface area contributed by atoms with Crippen molar-refractivity contribution in [3.63, 3.8) is 0 Å². The summed E-state index contributed by atoms with van der Waals surface area (Å²) >= 11 is 18.2. The van der Waals surface area contributed by atoms with Crippen LogP contribution in [-0.2, 0) is 0 Å². The lowest BCUT2D eigenvalue weighted by atomic mass is 10.1. The minimum atomic E-state index is 0.389. The quantitative estimate of drug-likeness (QED) is 0.547. The summed E-state index contributed by atoms with van der Waals surface area (Å²) in [5.41, 5.74) is 2.61. The number of hydrogen-bond acceptors (Lipinski definition) is 2. The normalized spacial score (nSPS) is 11.0. The molecule has 0 aliphatic carbocycles. The van der Waals surface area contributed by atoms with Crippen LogP contribution in [-0.4, -0.2) is 9.97 Å². The second kappa shape index (κ2) is 5.21. The fraction of sp³-hybridized carbons (Fsp3) is 0.0667. The van der Waals surface area contributed by atoms with Gasteiger partial charge in [-0.1, -0.05) is 34.8 Å². The topological polar surface area (TPSA) is 25.8 Å². The van der Waals surface area contributed by atoms with Gasteiger partial charge in [0.05, 0.1) is 5.52 Å². The van der Waals surface area contributed by atoms with Crippen molar-refractivity contribution < 1.29 is 0 Å². The van der Waals surface area contributed by atoms with Crippen molar-refractivity contribution in [3.05, 3.63) is 57.2 Å². The van der Waals surface area contributed by atoms with Crippen LogP contribution in [0.1, 0.15) is 5.56 Å². The Labute approximate surface area is 131 Å². The van der Waals surface area contributed by atoms with E-state index in [2.05, 4.69) is 9.97 Å². The molecule has 0 amide bonds. The molecule has 0 atom stereocenters. The van der Waals surface area contributed by atoms with Gasteiger partial charge in [-0.05, 0) is 48.9 Å².